The Morgan fingerprint density at radius 2 is 2.08 bits per heavy atom. The highest BCUT2D eigenvalue weighted by Crippen LogP contribution is 2.27. The number of halogens is 1. The Bertz CT molecular complexity index is 645. The molecule has 138 valence electrons. The molecule has 7 nitrogen and oxygen atoms in total. The summed E-state index contributed by atoms with van der Waals surface area (Å²) in [6.07, 6.45) is 1.42. The average molecular weight is 414 g/mol. The Balaban J connectivity index is 2.03. The molecule has 1 N–H and O–H groups in total. The highest BCUT2D eigenvalue weighted by molar-refractivity contribution is 9.10. The number of carbonyl (C=O) groups is 2. The lowest BCUT2D eigenvalue weighted by Crippen LogP contribution is -2.49. The van der Waals surface area contributed by atoms with E-state index in [2.05, 4.69) is 35.9 Å². The summed E-state index contributed by atoms with van der Waals surface area (Å²) < 4.78 is 10.6. The number of amides is 1. The minimum atomic E-state index is -0.519. The van der Waals surface area contributed by atoms with E-state index in [4.69, 9.17) is 4.74 Å². The van der Waals surface area contributed by atoms with Gasteiger partial charge in [0.05, 0.1) is 12.8 Å². The van der Waals surface area contributed by atoms with Gasteiger partial charge in [0.15, 0.2) is 0 Å². The van der Waals surface area contributed by atoms with Crippen LogP contribution in [0.1, 0.15) is 44.1 Å². The van der Waals surface area contributed by atoms with Crippen molar-refractivity contribution >= 4 is 33.7 Å². The molecule has 2 rings (SSSR count). The van der Waals surface area contributed by atoms with Gasteiger partial charge in [0.2, 0.25) is 0 Å². The van der Waals surface area contributed by atoms with E-state index in [-0.39, 0.29) is 11.7 Å². The minimum absolute atomic E-state index is 0.00390. The number of carbonyl (C=O) groups excluding carboxylic acids is 2. The normalized spacial score (nSPS) is 17.8. The van der Waals surface area contributed by atoms with E-state index >= 15 is 0 Å². The predicted molar refractivity (Wildman–Crippen MR) is 97.9 cm³/mol. The Hall–Kier alpha value is -1.83. The molecule has 1 fully saturated rings. The predicted octanol–water partition coefficient (Wildman–Crippen LogP) is 3.12. The lowest BCUT2D eigenvalue weighted by molar-refractivity contribution is 0.0498. The summed E-state index contributed by atoms with van der Waals surface area (Å²) in [6, 6.07) is 3.46. The molecule has 0 saturated carbocycles. The quantitative estimate of drug-likeness (QED) is 0.605. The summed E-state index contributed by atoms with van der Waals surface area (Å²) in [5.74, 6) is -0.477. The van der Waals surface area contributed by atoms with E-state index in [0.29, 0.717) is 11.1 Å². The van der Waals surface area contributed by atoms with Crippen molar-refractivity contribution in [3.05, 3.63) is 22.4 Å². The first-order chi connectivity index (χ1) is 11.7. The molecule has 1 unspecified atom stereocenters. The number of aromatic nitrogens is 1. The van der Waals surface area contributed by atoms with E-state index in [1.165, 1.54) is 7.11 Å². The van der Waals surface area contributed by atoms with Crippen molar-refractivity contribution in [2.24, 2.45) is 0 Å². The first-order valence-corrected chi connectivity index (χ1v) is 8.98. The fraction of sp³-hybridized carbons (Fsp3) is 0.588. The number of esters is 1. The highest BCUT2D eigenvalue weighted by atomic mass is 79.9. The molecule has 1 aliphatic rings. The molecule has 1 aliphatic heterocycles. The van der Waals surface area contributed by atoms with Crippen molar-refractivity contribution in [3.8, 4) is 0 Å². The van der Waals surface area contributed by atoms with Gasteiger partial charge in [-0.25, -0.2) is 14.6 Å². The molecule has 8 heteroatoms. The fourth-order valence-electron chi connectivity index (χ4n) is 2.67. The lowest BCUT2D eigenvalue weighted by atomic mass is 10.1. The van der Waals surface area contributed by atoms with Crippen LogP contribution in [0, 0.1) is 0 Å². The largest absolute Gasteiger partial charge is 0.464 e. The molecule has 1 aromatic heterocycles. The molecule has 25 heavy (non-hydrogen) atoms. The van der Waals surface area contributed by atoms with E-state index in [1.807, 2.05) is 26.8 Å². The number of rotatable bonds is 3. The fourth-order valence-corrected chi connectivity index (χ4v) is 3.24. The molecule has 1 saturated heterocycles. The first-order valence-electron chi connectivity index (χ1n) is 8.19. The third-order valence-electron chi connectivity index (χ3n) is 3.71. The minimum Gasteiger partial charge on any atom is -0.464 e. The molecule has 0 aliphatic carbocycles. The second-order valence-electron chi connectivity index (χ2n) is 6.93. The number of piperidine rings is 1. The molecule has 0 bridgehead atoms. The average Bonchev–Trinajstić information content (AvgIpc) is 2.52. The maximum atomic E-state index is 12.0. The molecule has 1 atom stereocenters. The van der Waals surface area contributed by atoms with Crippen LogP contribution in [0.2, 0.25) is 0 Å². The zero-order valence-electron chi connectivity index (χ0n) is 15.0. The van der Waals surface area contributed by atoms with Crippen LogP contribution in [-0.4, -0.2) is 48.9 Å². The van der Waals surface area contributed by atoms with Gasteiger partial charge in [0.25, 0.3) is 0 Å². The third-order valence-corrected chi connectivity index (χ3v) is 4.29. The van der Waals surface area contributed by atoms with Gasteiger partial charge in [0, 0.05) is 19.1 Å². The summed E-state index contributed by atoms with van der Waals surface area (Å²) in [4.78, 5) is 29.9. The Kier molecular flexibility index (Phi) is 6.26. The van der Waals surface area contributed by atoms with Crippen LogP contribution in [0.3, 0.4) is 0 Å². The first kappa shape index (κ1) is 19.5. The van der Waals surface area contributed by atoms with E-state index in [1.54, 1.807) is 6.07 Å². The number of alkyl carbamates (subject to hydrolysis) is 1. The maximum absolute atomic E-state index is 12.0. The summed E-state index contributed by atoms with van der Waals surface area (Å²) >= 11 is 3.42. The zero-order chi connectivity index (χ0) is 18.6. The summed E-state index contributed by atoms with van der Waals surface area (Å²) in [6.45, 7) is 7.02. The second kappa shape index (κ2) is 8.03. The van der Waals surface area contributed by atoms with Gasteiger partial charge in [-0.2, -0.15) is 0 Å². The number of nitrogens with zero attached hydrogens (tertiary/aromatic N) is 2. The standard InChI is InChI=1S/C17H24BrN3O4/c1-17(2,3)25-16(23)19-11-6-5-9-21(10-11)13-8-7-12(15(22)24-4)20-14(13)18/h7-8,11H,5-6,9-10H2,1-4H3,(H,19,23). The molecule has 1 amide bonds. The SMILES string of the molecule is COC(=O)c1ccc(N2CCCC(NC(=O)OC(C)(C)C)C2)c(Br)n1. The highest BCUT2D eigenvalue weighted by Gasteiger charge is 2.25. The van der Waals surface area contributed by atoms with Crippen LogP contribution in [0.25, 0.3) is 0 Å². The summed E-state index contributed by atoms with van der Waals surface area (Å²) in [5, 5.41) is 2.92. The van der Waals surface area contributed by atoms with Crippen LogP contribution < -0.4 is 10.2 Å². The number of anilines is 1. The van der Waals surface area contributed by atoms with Crippen LogP contribution >= 0.6 is 15.9 Å². The van der Waals surface area contributed by atoms with Crippen LogP contribution in [0.4, 0.5) is 10.5 Å². The summed E-state index contributed by atoms with van der Waals surface area (Å²) in [7, 11) is 1.32. The van der Waals surface area contributed by atoms with E-state index in [9.17, 15) is 9.59 Å². The van der Waals surface area contributed by atoms with Gasteiger partial charge in [-0.15, -0.1) is 0 Å². The second-order valence-corrected chi connectivity index (χ2v) is 7.68. The van der Waals surface area contributed by atoms with Crippen LogP contribution in [-0.2, 0) is 9.47 Å². The molecule has 1 aromatic rings. The van der Waals surface area contributed by atoms with Crippen LogP contribution in [0.5, 0.6) is 0 Å². The zero-order valence-corrected chi connectivity index (χ0v) is 16.6. The summed E-state index contributed by atoms with van der Waals surface area (Å²) in [5.41, 5.74) is 0.608. The number of nitrogens with one attached hydrogen (secondary N) is 1. The van der Waals surface area contributed by atoms with Gasteiger partial charge >= 0.3 is 12.1 Å². The van der Waals surface area contributed by atoms with Crippen molar-refractivity contribution < 1.29 is 19.1 Å². The van der Waals surface area contributed by atoms with E-state index in [0.717, 1.165) is 25.1 Å². The van der Waals surface area contributed by atoms with Crippen molar-refractivity contribution in [1.29, 1.82) is 0 Å². The van der Waals surface area contributed by atoms with Crippen LogP contribution in [0.15, 0.2) is 16.7 Å². The topological polar surface area (TPSA) is 80.8 Å². The molecular formula is C17H24BrN3O4. The number of hydrogen-bond acceptors (Lipinski definition) is 6. The van der Waals surface area contributed by atoms with Crippen molar-refractivity contribution in [2.75, 3.05) is 25.1 Å². The third kappa shape index (κ3) is 5.59. The molecular weight excluding hydrogens is 390 g/mol. The monoisotopic (exact) mass is 413 g/mol. The smallest absolute Gasteiger partial charge is 0.407 e. The Labute approximate surface area is 156 Å². The van der Waals surface area contributed by atoms with Gasteiger partial charge in [-0.1, -0.05) is 0 Å². The van der Waals surface area contributed by atoms with Crippen molar-refractivity contribution in [3.63, 3.8) is 0 Å². The molecule has 0 spiro atoms. The lowest BCUT2D eigenvalue weighted by Gasteiger charge is -2.35. The number of ether oxygens (including phenoxy) is 2. The Morgan fingerprint density at radius 3 is 2.68 bits per heavy atom. The molecule has 2 heterocycles. The Morgan fingerprint density at radius 1 is 1.36 bits per heavy atom. The van der Waals surface area contributed by atoms with Gasteiger partial charge in [-0.3, -0.25) is 0 Å². The van der Waals surface area contributed by atoms with Gasteiger partial charge < -0.3 is 19.7 Å². The maximum Gasteiger partial charge on any atom is 0.407 e. The number of methoxy groups -OCH3 is 1. The number of pyridine rings is 1. The molecule has 0 aromatic carbocycles. The van der Waals surface area contributed by atoms with Gasteiger partial charge in [0.1, 0.15) is 15.9 Å². The van der Waals surface area contributed by atoms with E-state index < -0.39 is 17.7 Å². The van der Waals surface area contributed by atoms with Gasteiger partial charge in [-0.05, 0) is 61.7 Å². The van der Waals surface area contributed by atoms with Crippen molar-refractivity contribution in [1.82, 2.24) is 10.3 Å². The molecule has 0 radical (unpaired) electrons. The van der Waals surface area contributed by atoms with Crippen molar-refractivity contribution in [2.45, 2.75) is 45.3 Å². The number of hydrogen-bond donors (Lipinski definition) is 1.